The maximum Gasteiger partial charge on any atom is 0.340 e. The van der Waals surface area contributed by atoms with Gasteiger partial charge in [0.1, 0.15) is 0 Å². The normalized spacial score (nSPS) is 10.7. The second-order valence-corrected chi connectivity index (χ2v) is 3.95. The Morgan fingerprint density at radius 1 is 0.950 bits per heavy atom. The first-order valence-corrected chi connectivity index (χ1v) is 6.04. The van der Waals surface area contributed by atoms with Crippen LogP contribution in [0, 0.1) is 0 Å². The Hall–Kier alpha value is -2.84. The van der Waals surface area contributed by atoms with Gasteiger partial charge in [-0.25, -0.2) is 0 Å². The zero-order valence-corrected chi connectivity index (χ0v) is 11.0. The van der Waals surface area contributed by atoms with Gasteiger partial charge >= 0.3 is 6.01 Å². The molecule has 9 heteroatoms. The van der Waals surface area contributed by atoms with Crippen LogP contribution in [0.4, 0.5) is 0 Å². The van der Waals surface area contributed by atoms with Crippen LogP contribution < -0.4 is 4.74 Å². The molecule has 3 aromatic rings. The molecule has 0 aliphatic heterocycles. The smallest absolute Gasteiger partial charge is 0.340 e. The number of methoxy groups -OCH3 is 1. The summed E-state index contributed by atoms with van der Waals surface area (Å²) in [6, 6.07) is 7.86. The minimum atomic E-state index is 0.328. The summed E-state index contributed by atoms with van der Waals surface area (Å²) < 4.78 is 8.27. The topological polar surface area (TPSA) is 96.4 Å². The Morgan fingerprint density at radius 2 is 1.55 bits per heavy atom. The number of rotatable bonds is 4. The molecule has 9 nitrogen and oxygen atoms in total. The zero-order chi connectivity index (χ0) is 13.9. The molecule has 0 saturated heterocycles. The largest absolute Gasteiger partial charge is 0.466 e. The van der Waals surface area contributed by atoms with Gasteiger partial charge in [-0.1, -0.05) is 12.0 Å². The zero-order valence-electron chi connectivity index (χ0n) is 11.0. The summed E-state index contributed by atoms with van der Waals surface area (Å²) in [5.74, 6) is 0.803. The molecule has 0 saturated carbocycles. The van der Waals surface area contributed by atoms with Crippen molar-refractivity contribution >= 4 is 0 Å². The van der Waals surface area contributed by atoms with Gasteiger partial charge in [0.2, 0.25) is 0 Å². The molecule has 0 N–H and O–H groups in total. The van der Waals surface area contributed by atoms with Crippen LogP contribution in [0.3, 0.4) is 0 Å². The van der Waals surface area contributed by atoms with Gasteiger partial charge < -0.3 is 4.74 Å². The Morgan fingerprint density at radius 3 is 2.20 bits per heavy atom. The Balaban J connectivity index is 1.96. The molecule has 102 valence electrons. The number of aromatic nitrogens is 8. The van der Waals surface area contributed by atoms with Crippen molar-refractivity contribution in [3.8, 4) is 17.4 Å². The fourth-order valence-corrected chi connectivity index (χ4v) is 1.83. The van der Waals surface area contributed by atoms with E-state index in [4.69, 9.17) is 4.74 Å². The van der Waals surface area contributed by atoms with Crippen LogP contribution in [0.25, 0.3) is 11.4 Å². The molecule has 2 heterocycles. The molecular weight excluding hydrogens is 260 g/mol. The van der Waals surface area contributed by atoms with Crippen molar-refractivity contribution in [2.75, 3.05) is 7.11 Å². The first-order valence-electron chi connectivity index (χ1n) is 6.04. The summed E-state index contributed by atoms with van der Waals surface area (Å²) in [6.45, 7) is 2.00. The fraction of sp³-hybridized carbons (Fsp3) is 0.273. The second kappa shape index (κ2) is 5.03. The van der Waals surface area contributed by atoms with E-state index in [1.165, 1.54) is 11.8 Å². The van der Waals surface area contributed by atoms with E-state index in [1.54, 1.807) is 4.68 Å². The maximum absolute atomic E-state index is 5.07. The summed E-state index contributed by atoms with van der Waals surface area (Å²) in [4.78, 5) is 0. The minimum Gasteiger partial charge on any atom is -0.466 e. The molecule has 0 amide bonds. The van der Waals surface area contributed by atoms with E-state index in [0.717, 1.165) is 23.6 Å². The van der Waals surface area contributed by atoms with Gasteiger partial charge in [0.25, 0.3) is 0 Å². The van der Waals surface area contributed by atoms with Gasteiger partial charge in [-0.05, 0) is 45.1 Å². The van der Waals surface area contributed by atoms with Gasteiger partial charge in [0.15, 0.2) is 5.82 Å². The third kappa shape index (κ3) is 1.98. The molecule has 0 bridgehead atoms. The van der Waals surface area contributed by atoms with Crippen molar-refractivity contribution in [1.82, 2.24) is 40.4 Å². The predicted molar refractivity (Wildman–Crippen MR) is 67.8 cm³/mol. The molecule has 2 aromatic heterocycles. The van der Waals surface area contributed by atoms with Gasteiger partial charge in [-0.2, -0.15) is 9.36 Å². The lowest BCUT2D eigenvalue weighted by molar-refractivity contribution is 0.368. The third-order valence-electron chi connectivity index (χ3n) is 2.81. The lowest BCUT2D eigenvalue weighted by Gasteiger charge is -2.05. The van der Waals surface area contributed by atoms with E-state index in [9.17, 15) is 0 Å². The Bertz CT molecular complexity index is 640. The number of aryl methyl sites for hydroxylation is 1. The highest BCUT2D eigenvalue weighted by atomic mass is 16.5. The first-order chi connectivity index (χ1) is 9.83. The van der Waals surface area contributed by atoms with Gasteiger partial charge in [0.05, 0.1) is 18.5 Å². The molecule has 0 atom stereocenters. The Kier molecular flexibility index (Phi) is 3.07. The van der Waals surface area contributed by atoms with Crippen molar-refractivity contribution in [2.24, 2.45) is 0 Å². The number of hydrogen-bond acceptors (Lipinski definition) is 7. The highest BCUT2D eigenvalue weighted by molar-refractivity contribution is 5.41. The van der Waals surface area contributed by atoms with Gasteiger partial charge in [-0.3, -0.25) is 0 Å². The van der Waals surface area contributed by atoms with Crippen LogP contribution in [0.5, 0.6) is 6.01 Å². The maximum atomic E-state index is 5.07. The van der Waals surface area contributed by atoms with Crippen molar-refractivity contribution in [3.05, 3.63) is 30.1 Å². The summed E-state index contributed by atoms with van der Waals surface area (Å²) in [6.07, 6.45) is 0.759. The van der Waals surface area contributed by atoms with E-state index < -0.39 is 0 Å². The molecular formula is C11H12N8O. The average Bonchev–Trinajstić information content (AvgIpc) is 3.15. The SMILES string of the molecule is CCc1nnnn1-c1ccc(-n2nnnc2OC)cc1. The molecule has 0 unspecified atom stereocenters. The quantitative estimate of drug-likeness (QED) is 0.669. The van der Waals surface area contributed by atoms with Crippen molar-refractivity contribution in [2.45, 2.75) is 13.3 Å². The monoisotopic (exact) mass is 272 g/mol. The van der Waals surface area contributed by atoms with Crippen LogP contribution in [-0.4, -0.2) is 47.5 Å². The third-order valence-corrected chi connectivity index (χ3v) is 2.81. The van der Waals surface area contributed by atoms with Crippen molar-refractivity contribution < 1.29 is 4.74 Å². The van der Waals surface area contributed by atoms with Crippen molar-refractivity contribution in [3.63, 3.8) is 0 Å². The van der Waals surface area contributed by atoms with E-state index in [-0.39, 0.29) is 0 Å². The van der Waals surface area contributed by atoms with Crippen LogP contribution >= 0.6 is 0 Å². The molecule has 0 fully saturated rings. The second-order valence-electron chi connectivity index (χ2n) is 3.95. The molecule has 0 aliphatic carbocycles. The van der Waals surface area contributed by atoms with Crippen LogP contribution in [0.2, 0.25) is 0 Å². The van der Waals surface area contributed by atoms with Crippen molar-refractivity contribution in [1.29, 1.82) is 0 Å². The number of tetrazole rings is 2. The summed E-state index contributed by atoms with van der Waals surface area (Å²) in [7, 11) is 1.52. The number of nitrogens with zero attached hydrogens (tertiary/aromatic N) is 8. The highest BCUT2D eigenvalue weighted by Crippen LogP contribution is 2.16. The van der Waals surface area contributed by atoms with Crippen LogP contribution in [-0.2, 0) is 6.42 Å². The predicted octanol–water partition coefficient (Wildman–Crippen LogP) is 0.209. The van der Waals surface area contributed by atoms with E-state index in [0.29, 0.717) is 6.01 Å². The van der Waals surface area contributed by atoms with E-state index in [2.05, 4.69) is 31.1 Å². The van der Waals surface area contributed by atoms with E-state index in [1.807, 2.05) is 31.2 Å². The molecule has 20 heavy (non-hydrogen) atoms. The molecule has 0 radical (unpaired) electrons. The highest BCUT2D eigenvalue weighted by Gasteiger charge is 2.10. The summed E-state index contributed by atoms with van der Waals surface area (Å²) in [5, 5.41) is 22.8. The lowest BCUT2D eigenvalue weighted by Crippen LogP contribution is -2.04. The molecule has 3 rings (SSSR count). The van der Waals surface area contributed by atoms with Crippen LogP contribution in [0.1, 0.15) is 12.7 Å². The molecule has 1 aromatic carbocycles. The first kappa shape index (κ1) is 12.2. The Labute approximate surface area is 114 Å². The van der Waals surface area contributed by atoms with Gasteiger partial charge in [-0.15, -0.1) is 5.10 Å². The van der Waals surface area contributed by atoms with Gasteiger partial charge in [0, 0.05) is 6.42 Å². The fourth-order valence-electron chi connectivity index (χ4n) is 1.83. The number of hydrogen-bond donors (Lipinski definition) is 0. The number of benzene rings is 1. The minimum absolute atomic E-state index is 0.328. The van der Waals surface area contributed by atoms with E-state index >= 15 is 0 Å². The lowest BCUT2D eigenvalue weighted by atomic mass is 10.3. The summed E-state index contributed by atoms with van der Waals surface area (Å²) in [5.41, 5.74) is 1.67. The van der Waals surface area contributed by atoms with Crippen LogP contribution in [0.15, 0.2) is 24.3 Å². The summed E-state index contributed by atoms with van der Waals surface area (Å²) >= 11 is 0. The molecule has 0 aliphatic rings. The average molecular weight is 272 g/mol. The number of ether oxygens (including phenoxy) is 1. The standard InChI is InChI=1S/C11H12N8O/c1-3-10-12-14-16-18(10)8-4-6-9(7-5-8)19-11(20-2)13-15-17-19/h4-7H,3H2,1-2H3. The molecule has 0 spiro atoms.